The highest BCUT2D eigenvalue weighted by molar-refractivity contribution is 7.93. The summed E-state index contributed by atoms with van der Waals surface area (Å²) in [4.78, 5) is 18.1. The second-order valence-electron chi connectivity index (χ2n) is 6.55. The molecular weight excluding hydrogens is 462 g/mol. The third-order valence-electron chi connectivity index (χ3n) is 4.67. The van der Waals surface area contributed by atoms with E-state index in [1.54, 1.807) is 16.3 Å². The number of anilines is 2. The van der Waals surface area contributed by atoms with Crippen molar-refractivity contribution in [3.8, 4) is 22.8 Å². The molecule has 1 aliphatic heterocycles. The number of rotatable bonds is 6. The van der Waals surface area contributed by atoms with Crippen molar-refractivity contribution in [2.75, 3.05) is 29.9 Å². The highest BCUT2D eigenvalue weighted by atomic mass is 35.5. The quantitative estimate of drug-likeness (QED) is 0.573. The minimum absolute atomic E-state index is 0.00178. The van der Waals surface area contributed by atoms with Crippen LogP contribution in [-0.2, 0) is 14.8 Å². The number of aromatic nitrogens is 1. The summed E-state index contributed by atoms with van der Waals surface area (Å²) in [5.41, 5.74) is 1.98. The molecule has 1 aromatic heterocycles. The normalized spacial score (nSPS) is 13.5. The maximum Gasteiger partial charge on any atom is 0.265 e. The molecule has 1 amide bonds. The maximum atomic E-state index is 12.7. The smallest absolute Gasteiger partial charge is 0.265 e. The van der Waals surface area contributed by atoms with Crippen molar-refractivity contribution < 1.29 is 22.7 Å². The summed E-state index contributed by atoms with van der Waals surface area (Å²) in [7, 11) is -2.43. The summed E-state index contributed by atoms with van der Waals surface area (Å²) in [5.74, 6) is 0.892. The second kappa shape index (κ2) is 8.37. The Morgan fingerprint density at radius 1 is 1.29 bits per heavy atom. The van der Waals surface area contributed by atoms with Crippen LogP contribution in [0.3, 0.4) is 0 Å². The van der Waals surface area contributed by atoms with E-state index in [0.717, 1.165) is 16.9 Å². The topological polar surface area (TPSA) is 97.8 Å². The lowest BCUT2D eigenvalue weighted by molar-refractivity contribution is -0.121. The number of sulfonamides is 1. The van der Waals surface area contributed by atoms with Crippen molar-refractivity contribution in [3.05, 3.63) is 46.8 Å². The molecule has 0 aliphatic carbocycles. The predicted octanol–water partition coefficient (Wildman–Crippen LogP) is 4.02. The van der Waals surface area contributed by atoms with Crippen LogP contribution in [0.1, 0.15) is 6.92 Å². The van der Waals surface area contributed by atoms with Gasteiger partial charge in [0.2, 0.25) is 0 Å². The Balaban J connectivity index is 1.60. The van der Waals surface area contributed by atoms with Crippen molar-refractivity contribution in [3.63, 3.8) is 0 Å². The number of carbonyl (C=O) groups is 1. The monoisotopic (exact) mass is 479 g/mol. The molecule has 0 atom stereocenters. The van der Waals surface area contributed by atoms with E-state index >= 15 is 0 Å². The molecule has 0 spiro atoms. The molecule has 0 unspecified atom stereocenters. The van der Waals surface area contributed by atoms with Crippen LogP contribution < -0.4 is 19.1 Å². The van der Waals surface area contributed by atoms with Gasteiger partial charge in [-0.05, 0) is 43.3 Å². The molecule has 2 aromatic carbocycles. The number of fused-ring (bicyclic) bond motifs is 1. The Hall–Kier alpha value is -2.82. The maximum absolute atomic E-state index is 12.7. The van der Waals surface area contributed by atoms with E-state index in [-0.39, 0.29) is 27.6 Å². The summed E-state index contributed by atoms with van der Waals surface area (Å²) in [5, 5.41) is 2.14. The number of amides is 1. The van der Waals surface area contributed by atoms with Gasteiger partial charge in [-0.1, -0.05) is 11.6 Å². The molecule has 0 bridgehead atoms. The van der Waals surface area contributed by atoms with Gasteiger partial charge in [0.05, 0.1) is 28.4 Å². The van der Waals surface area contributed by atoms with E-state index in [4.69, 9.17) is 21.1 Å². The summed E-state index contributed by atoms with van der Waals surface area (Å²) in [6.45, 7) is 2.42. The molecule has 4 rings (SSSR count). The Bertz CT molecular complexity index is 1260. The summed E-state index contributed by atoms with van der Waals surface area (Å²) in [6.07, 6.45) is 0. The van der Waals surface area contributed by atoms with Crippen LogP contribution in [0.15, 0.2) is 46.7 Å². The van der Waals surface area contributed by atoms with E-state index < -0.39 is 10.0 Å². The van der Waals surface area contributed by atoms with Gasteiger partial charge < -0.3 is 14.4 Å². The number of nitrogens with one attached hydrogen (secondary N) is 1. The molecule has 0 fully saturated rings. The largest absolute Gasteiger partial charge is 0.495 e. The van der Waals surface area contributed by atoms with E-state index in [2.05, 4.69) is 9.71 Å². The van der Waals surface area contributed by atoms with Gasteiger partial charge in [0.25, 0.3) is 15.9 Å². The van der Waals surface area contributed by atoms with Crippen LogP contribution in [-0.4, -0.2) is 39.6 Å². The fourth-order valence-corrected chi connectivity index (χ4v) is 5.47. The van der Waals surface area contributed by atoms with Crippen molar-refractivity contribution in [1.82, 2.24) is 4.98 Å². The molecule has 0 saturated carbocycles. The molecule has 2 heterocycles. The van der Waals surface area contributed by atoms with Crippen LogP contribution in [0, 0.1) is 0 Å². The van der Waals surface area contributed by atoms with Crippen LogP contribution in [0.25, 0.3) is 11.3 Å². The summed E-state index contributed by atoms with van der Waals surface area (Å²) < 4.78 is 38.4. The number of hydrogen-bond acceptors (Lipinski definition) is 7. The van der Waals surface area contributed by atoms with Crippen molar-refractivity contribution in [2.45, 2.75) is 11.8 Å². The van der Waals surface area contributed by atoms with Gasteiger partial charge in [-0.15, -0.1) is 11.3 Å². The number of likely N-dealkylation sites (N-methyl/N-ethyl adjacent to an activating group) is 1. The number of hydrogen-bond donors (Lipinski definition) is 1. The Morgan fingerprint density at radius 2 is 2.10 bits per heavy atom. The van der Waals surface area contributed by atoms with E-state index in [1.165, 1.54) is 25.3 Å². The third-order valence-corrected chi connectivity index (χ3v) is 7.19. The van der Waals surface area contributed by atoms with Gasteiger partial charge in [-0.25, -0.2) is 13.4 Å². The average Bonchev–Trinajstić information content (AvgIpc) is 3.21. The van der Waals surface area contributed by atoms with E-state index in [0.29, 0.717) is 29.4 Å². The van der Waals surface area contributed by atoms with Gasteiger partial charge in [-0.3, -0.25) is 9.52 Å². The van der Waals surface area contributed by atoms with E-state index in [1.807, 2.05) is 19.1 Å². The van der Waals surface area contributed by atoms with Crippen LogP contribution in [0.2, 0.25) is 5.02 Å². The zero-order chi connectivity index (χ0) is 22.2. The zero-order valence-electron chi connectivity index (χ0n) is 16.6. The number of ether oxygens (including phenoxy) is 2. The lowest BCUT2D eigenvalue weighted by Crippen LogP contribution is -2.38. The highest BCUT2D eigenvalue weighted by Crippen LogP contribution is 2.37. The minimum Gasteiger partial charge on any atom is -0.495 e. The molecule has 0 radical (unpaired) electrons. The molecule has 31 heavy (non-hydrogen) atoms. The van der Waals surface area contributed by atoms with Gasteiger partial charge in [0.15, 0.2) is 11.7 Å². The molecular formula is C20H18ClN3O5S2. The van der Waals surface area contributed by atoms with Crippen molar-refractivity contribution >= 4 is 49.7 Å². The zero-order valence-corrected chi connectivity index (χ0v) is 19.0. The number of nitrogens with zero attached hydrogens (tertiary/aromatic N) is 2. The number of benzene rings is 2. The second-order valence-corrected chi connectivity index (χ2v) is 9.50. The number of thiazole rings is 1. The van der Waals surface area contributed by atoms with Crippen LogP contribution in [0.5, 0.6) is 11.5 Å². The number of methoxy groups -OCH3 is 1. The first-order valence-electron chi connectivity index (χ1n) is 9.22. The molecule has 162 valence electrons. The fraction of sp³-hybridized carbons (Fsp3) is 0.200. The van der Waals surface area contributed by atoms with Crippen LogP contribution in [0.4, 0.5) is 10.8 Å². The SMILES string of the molecule is CCN1C(=O)COc2ccc(-c3csc(NS(=O)(=O)c4ccc(OC)c(Cl)c4)n3)cc21. The molecule has 1 N–H and O–H groups in total. The molecule has 3 aromatic rings. The first kappa shape index (κ1) is 21.4. The Morgan fingerprint density at radius 3 is 2.81 bits per heavy atom. The lowest BCUT2D eigenvalue weighted by Gasteiger charge is -2.28. The minimum atomic E-state index is -3.88. The van der Waals surface area contributed by atoms with Crippen molar-refractivity contribution in [1.29, 1.82) is 0 Å². The van der Waals surface area contributed by atoms with Crippen molar-refractivity contribution in [2.24, 2.45) is 0 Å². The standard InChI is InChI=1S/C20H18ClN3O5S2/c1-3-24-16-8-12(4-6-18(16)29-10-19(24)25)15-11-30-20(22-15)23-31(26,27)13-5-7-17(28-2)14(21)9-13/h4-9,11H,3,10H2,1-2H3,(H,22,23). The Kier molecular flexibility index (Phi) is 5.78. The van der Waals surface area contributed by atoms with E-state index in [9.17, 15) is 13.2 Å². The third kappa shape index (κ3) is 4.18. The highest BCUT2D eigenvalue weighted by Gasteiger charge is 2.25. The van der Waals surface area contributed by atoms with Crippen LogP contribution >= 0.6 is 22.9 Å². The first-order valence-corrected chi connectivity index (χ1v) is 12.0. The first-order chi connectivity index (χ1) is 14.8. The van der Waals surface area contributed by atoms with Gasteiger partial charge in [0.1, 0.15) is 11.5 Å². The molecule has 11 heteroatoms. The summed E-state index contributed by atoms with van der Waals surface area (Å²) >= 11 is 7.20. The Labute approximate surface area is 188 Å². The van der Waals surface area contributed by atoms with Gasteiger partial charge in [-0.2, -0.15) is 0 Å². The van der Waals surface area contributed by atoms with Gasteiger partial charge in [0, 0.05) is 17.5 Å². The fourth-order valence-electron chi connectivity index (χ4n) is 3.15. The average molecular weight is 480 g/mol. The lowest BCUT2D eigenvalue weighted by atomic mass is 10.1. The number of halogens is 1. The molecule has 8 nitrogen and oxygen atoms in total. The molecule has 1 aliphatic rings. The summed E-state index contributed by atoms with van der Waals surface area (Å²) in [6, 6.07) is 9.62. The number of carbonyl (C=O) groups excluding carboxylic acids is 1. The van der Waals surface area contributed by atoms with Gasteiger partial charge >= 0.3 is 0 Å². The molecule has 0 saturated heterocycles. The predicted molar refractivity (Wildman–Crippen MR) is 120 cm³/mol.